The van der Waals surface area contributed by atoms with E-state index in [4.69, 9.17) is 10.7 Å². The average Bonchev–Trinajstić information content (AvgIpc) is 2.91. The van der Waals surface area contributed by atoms with Crippen molar-refractivity contribution in [2.24, 2.45) is 0 Å². The number of nitrogens with zero attached hydrogens (tertiary/aromatic N) is 6. The first-order chi connectivity index (χ1) is 18.0. The van der Waals surface area contributed by atoms with Gasteiger partial charge in [-0.25, -0.2) is 9.97 Å². The third-order valence-electron chi connectivity index (χ3n) is 6.08. The summed E-state index contributed by atoms with van der Waals surface area (Å²) in [5.74, 6) is 1.62. The van der Waals surface area contributed by atoms with Crippen molar-refractivity contribution in [3.63, 3.8) is 0 Å². The van der Waals surface area contributed by atoms with Gasteiger partial charge in [-0.15, -0.1) is 0 Å². The first kappa shape index (κ1) is 26.2. The highest BCUT2D eigenvalue weighted by Crippen LogP contribution is 2.24. The molecule has 4 heterocycles. The Bertz CT molecular complexity index is 1320. The maximum absolute atomic E-state index is 10.1. The van der Waals surface area contributed by atoms with Crippen molar-refractivity contribution in [2.75, 3.05) is 34.9 Å². The van der Waals surface area contributed by atoms with E-state index in [0.29, 0.717) is 46.1 Å². The lowest BCUT2D eigenvalue weighted by atomic mass is 10.1. The van der Waals surface area contributed by atoms with Crippen LogP contribution in [0.2, 0.25) is 0 Å². The van der Waals surface area contributed by atoms with Crippen molar-refractivity contribution in [1.29, 1.82) is 0 Å². The first-order valence-corrected chi connectivity index (χ1v) is 12.6. The number of rotatable bonds is 13. The van der Waals surface area contributed by atoms with Crippen molar-refractivity contribution < 1.29 is 10.2 Å². The van der Waals surface area contributed by atoms with Crippen molar-refractivity contribution in [2.45, 2.75) is 57.7 Å². The zero-order chi connectivity index (χ0) is 26.2. The van der Waals surface area contributed by atoms with Gasteiger partial charge in [0.15, 0.2) is 11.6 Å². The van der Waals surface area contributed by atoms with E-state index in [9.17, 15) is 10.2 Å². The second-order valence-corrected chi connectivity index (χ2v) is 8.89. The number of nitrogen functional groups attached to an aromatic ring is 1. The zero-order valence-corrected chi connectivity index (χ0v) is 21.1. The number of anilines is 4. The molecule has 0 spiro atoms. The van der Waals surface area contributed by atoms with Crippen LogP contribution in [-0.2, 0) is 0 Å². The number of nitrogens with one attached hydrogen (secondary N) is 3. The van der Waals surface area contributed by atoms with Crippen LogP contribution in [0.25, 0.3) is 22.1 Å². The molecular weight excluding hydrogens is 472 g/mol. The fourth-order valence-electron chi connectivity index (χ4n) is 4.20. The van der Waals surface area contributed by atoms with Crippen LogP contribution in [0, 0.1) is 0 Å². The number of aliphatic hydroxyl groups is 2. The predicted molar refractivity (Wildman–Crippen MR) is 145 cm³/mol. The third kappa shape index (κ3) is 6.46. The predicted octanol–water partition coefficient (Wildman–Crippen LogP) is 2.57. The summed E-state index contributed by atoms with van der Waals surface area (Å²) in [5, 5.41) is 29.9. The summed E-state index contributed by atoms with van der Waals surface area (Å²) in [5.41, 5.74) is 8.43. The fraction of sp³-hybridized carbons (Fsp3) is 0.440. The Labute approximate surface area is 215 Å². The molecule has 0 bridgehead atoms. The van der Waals surface area contributed by atoms with Crippen LogP contribution in [0.15, 0.2) is 36.7 Å². The molecule has 0 amide bonds. The van der Waals surface area contributed by atoms with E-state index < -0.39 is 0 Å². The molecule has 37 heavy (non-hydrogen) atoms. The number of nitrogens with two attached hydrogens (primary N) is 1. The molecule has 4 rings (SSSR count). The number of aliphatic hydroxyl groups excluding tert-OH is 2. The van der Waals surface area contributed by atoms with E-state index in [1.807, 2.05) is 18.2 Å². The summed E-state index contributed by atoms with van der Waals surface area (Å²) in [6.45, 7) is 3.99. The minimum absolute atomic E-state index is 0.00649. The molecule has 1 unspecified atom stereocenters. The normalized spacial score (nSPS) is 13.8. The molecular formula is C25H34N10O2. The summed E-state index contributed by atoms with van der Waals surface area (Å²) in [4.78, 5) is 26.7. The maximum Gasteiger partial charge on any atom is 0.225 e. The van der Waals surface area contributed by atoms with E-state index in [0.717, 1.165) is 19.3 Å². The van der Waals surface area contributed by atoms with Gasteiger partial charge in [0, 0.05) is 18.4 Å². The number of fused-ring (bicyclic) bond motifs is 2. The fourth-order valence-corrected chi connectivity index (χ4v) is 4.20. The molecule has 7 N–H and O–H groups in total. The lowest BCUT2D eigenvalue weighted by molar-refractivity contribution is 0.264. The number of hydrogen-bond donors (Lipinski definition) is 6. The molecule has 0 aromatic carbocycles. The second-order valence-electron chi connectivity index (χ2n) is 8.89. The molecule has 12 heteroatoms. The quantitative estimate of drug-likeness (QED) is 0.156. The molecule has 0 aliphatic heterocycles. The molecule has 0 aliphatic rings. The number of pyridine rings is 2. The minimum Gasteiger partial charge on any atom is -0.394 e. The summed E-state index contributed by atoms with van der Waals surface area (Å²) in [6.07, 6.45) is 6.40. The molecule has 12 nitrogen and oxygen atoms in total. The third-order valence-corrected chi connectivity index (χ3v) is 6.08. The molecule has 0 saturated carbocycles. The summed E-state index contributed by atoms with van der Waals surface area (Å²) in [7, 11) is 0. The Morgan fingerprint density at radius 2 is 1.41 bits per heavy atom. The zero-order valence-electron chi connectivity index (χ0n) is 21.1. The molecule has 0 radical (unpaired) electrons. The Balaban J connectivity index is 1.54. The van der Waals surface area contributed by atoms with Gasteiger partial charge in [-0.05, 0) is 43.5 Å². The minimum atomic E-state index is -0.333. The van der Waals surface area contributed by atoms with E-state index in [-0.39, 0.29) is 37.3 Å². The van der Waals surface area contributed by atoms with Gasteiger partial charge >= 0.3 is 0 Å². The Morgan fingerprint density at radius 1 is 0.784 bits per heavy atom. The standard InChI is InChI=1S/C25H34N10O2/c1-3-7-16(13-36)29-23-21-19(9-6-11-28-21)33-25(35-23)31-15(4-2)12-17(14-37)30-22-20-18(8-5-10-27-20)32-24(26)34-22/h5-6,8-11,15-17,36-37H,3-4,7,12-14H2,1-2H3,(H3,26,30,32,34)(H2,29,31,33,35)/t15?,16-,17-/m1/s1. The van der Waals surface area contributed by atoms with Crippen LogP contribution in [0.4, 0.5) is 23.5 Å². The highest BCUT2D eigenvalue weighted by Gasteiger charge is 2.20. The van der Waals surface area contributed by atoms with Gasteiger partial charge in [-0.1, -0.05) is 20.3 Å². The summed E-state index contributed by atoms with van der Waals surface area (Å²) in [6, 6.07) is 6.78. The van der Waals surface area contributed by atoms with Gasteiger partial charge in [0.05, 0.1) is 36.3 Å². The highest BCUT2D eigenvalue weighted by atomic mass is 16.3. The van der Waals surface area contributed by atoms with Crippen LogP contribution < -0.4 is 21.7 Å². The summed E-state index contributed by atoms with van der Waals surface area (Å²) < 4.78 is 0. The smallest absolute Gasteiger partial charge is 0.225 e. The molecule has 196 valence electrons. The van der Waals surface area contributed by atoms with Gasteiger partial charge in [0.1, 0.15) is 11.0 Å². The van der Waals surface area contributed by atoms with Gasteiger partial charge in [-0.2, -0.15) is 9.97 Å². The van der Waals surface area contributed by atoms with Gasteiger partial charge in [0.25, 0.3) is 0 Å². The molecule has 0 aliphatic carbocycles. The number of aromatic nitrogens is 6. The van der Waals surface area contributed by atoms with E-state index in [2.05, 4.69) is 54.7 Å². The monoisotopic (exact) mass is 506 g/mol. The average molecular weight is 507 g/mol. The lowest BCUT2D eigenvalue weighted by Crippen LogP contribution is -2.33. The van der Waals surface area contributed by atoms with Crippen molar-refractivity contribution in [1.82, 2.24) is 29.9 Å². The van der Waals surface area contributed by atoms with Crippen LogP contribution in [0.5, 0.6) is 0 Å². The molecule has 3 atom stereocenters. The SMILES string of the molecule is CCC[C@H](CO)Nc1nc(NC(CC)C[C@H](CO)Nc2nc(N)nc3cccnc23)nc2cccnc12. The molecule has 4 aromatic heterocycles. The second kappa shape index (κ2) is 12.4. The molecule has 4 aromatic rings. The lowest BCUT2D eigenvalue weighted by Gasteiger charge is -2.24. The maximum atomic E-state index is 10.1. The number of hydrogen-bond acceptors (Lipinski definition) is 12. The van der Waals surface area contributed by atoms with E-state index >= 15 is 0 Å². The molecule has 0 saturated heterocycles. The summed E-state index contributed by atoms with van der Waals surface area (Å²) >= 11 is 0. The Kier molecular flexibility index (Phi) is 8.75. The van der Waals surface area contributed by atoms with E-state index in [1.54, 1.807) is 18.5 Å². The van der Waals surface area contributed by atoms with Gasteiger partial charge in [-0.3, -0.25) is 9.97 Å². The van der Waals surface area contributed by atoms with Crippen molar-refractivity contribution in [3.05, 3.63) is 36.7 Å². The van der Waals surface area contributed by atoms with Crippen LogP contribution in [0.3, 0.4) is 0 Å². The highest BCUT2D eigenvalue weighted by molar-refractivity contribution is 5.87. The van der Waals surface area contributed by atoms with Crippen LogP contribution in [0.1, 0.15) is 39.5 Å². The largest absolute Gasteiger partial charge is 0.394 e. The van der Waals surface area contributed by atoms with Gasteiger partial charge in [0.2, 0.25) is 11.9 Å². The van der Waals surface area contributed by atoms with Gasteiger partial charge < -0.3 is 31.9 Å². The molecule has 0 fully saturated rings. The Morgan fingerprint density at radius 3 is 2.03 bits per heavy atom. The van der Waals surface area contributed by atoms with Crippen LogP contribution >= 0.6 is 0 Å². The first-order valence-electron chi connectivity index (χ1n) is 12.6. The van der Waals surface area contributed by atoms with Crippen LogP contribution in [-0.4, -0.2) is 71.5 Å². The van der Waals surface area contributed by atoms with Crippen molar-refractivity contribution >= 4 is 45.6 Å². The topological polar surface area (TPSA) is 180 Å². The van der Waals surface area contributed by atoms with E-state index in [1.165, 1.54) is 0 Å². The van der Waals surface area contributed by atoms with Crippen molar-refractivity contribution in [3.8, 4) is 0 Å². The Hall–Kier alpha value is -3.90.